The largest absolute Gasteiger partial charge is 0.387 e. The molecule has 1 atom stereocenters. The van der Waals surface area contributed by atoms with E-state index in [-0.39, 0.29) is 57.4 Å². The summed E-state index contributed by atoms with van der Waals surface area (Å²) in [6.45, 7) is 6.70. The van der Waals surface area contributed by atoms with Crippen LogP contribution >= 0.6 is 11.6 Å². The number of amides is 3. The van der Waals surface area contributed by atoms with Gasteiger partial charge in [-0.1, -0.05) is 31.5 Å². The number of benzene rings is 2. The van der Waals surface area contributed by atoms with Crippen LogP contribution in [0.1, 0.15) is 59.3 Å². The van der Waals surface area contributed by atoms with E-state index in [0.717, 1.165) is 4.90 Å². The van der Waals surface area contributed by atoms with Crippen LogP contribution in [0.15, 0.2) is 42.7 Å². The molecular formula is C38H48ClF2N8O5+. The van der Waals surface area contributed by atoms with Crippen molar-refractivity contribution in [2.24, 2.45) is 7.05 Å². The van der Waals surface area contributed by atoms with E-state index in [1.165, 1.54) is 48.1 Å². The Labute approximate surface area is 318 Å². The summed E-state index contributed by atoms with van der Waals surface area (Å²) in [5, 5.41) is 17.5. The SMILES string of the molecule is COCCn1cc(-c2ccc(-c3cnc(C(=O)Nc4ccc(C(=O)N5CCN(C(=O)CC[C@@H](O)C[NH+](C)C)CC5)c(Cl)c4)n3C)c(F)c2F)c(C(C)C)n1. The summed E-state index contributed by atoms with van der Waals surface area (Å²) in [6, 6.07) is 7.46. The minimum Gasteiger partial charge on any atom is -0.387 e. The zero-order chi connectivity index (χ0) is 39.3. The molecule has 2 aromatic heterocycles. The maximum absolute atomic E-state index is 15.7. The quantitative estimate of drug-likeness (QED) is 0.179. The first-order valence-electron chi connectivity index (χ1n) is 17.9. The van der Waals surface area contributed by atoms with E-state index in [1.54, 1.807) is 27.8 Å². The Morgan fingerprint density at radius 1 is 1.02 bits per heavy atom. The molecular weight excluding hydrogens is 722 g/mol. The van der Waals surface area contributed by atoms with Crippen molar-refractivity contribution >= 4 is 35.0 Å². The van der Waals surface area contributed by atoms with Gasteiger partial charge in [-0.3, -0.25) is 19.1 Å². The zero-order valence-electron chi connectivity index (χ0n) is 31.5. The van der Waals surface area contributed by atoms with Gasteiger partial charge >= 0.3 is 0 Å². The molecule has 4 aromatic rings. The number of methoxy groups -OCH3 is 1. The fourth-order valence-corrected chi connectivity index (χ4v) is 6.76. The Kier molecular flexibility index (Phi) is 13.2. The number of aliphatic hydroxyl groups excluding tert-OH is 1. The maximum Gasteiger partial charge on any atom is 0.291 e. The van der Waals surface area contributed by atoms with Crippen molar-refractivity contribution in [1.29, 1.82) is 0 Å². The second kappa shape index (κ2) is 17.6. The molecule has 13 nitrogen and oxygen atoms in total. The molecule has 290 valence electrons. The number of imidazole rings is 1. The maximum atomic E-state index is 15.7. The third kappa shape index (κ3) is 9.14. The Hall–Kier alpha value is -4.70. The molecule has 0 unspecified atom stereocenters. The van der Waals surface area contributed by atoms with E-state index in [9.17, 15) is 19.5 Å². The average Bonchev–Trinajstić information content (AvgIpc) is 3.74. The molecule has 1 aliphatic heterocycles. The number of hydrogen-bond acceptors (Lipinski definition) is 7. The van der Waals surface area contributed by atoms with Crippen LogP contribution < -0.4 is 10.2 Å². The van der Waals surface area contributed by atoms with Gasteiger partial charge in [0.05, 0.1) is 55.4 Å². The third-order valence-corrected chi connectivity index (χ3v) is 9.73. The van der Waals surface area contributed by atoms with Gasteiger partial charge in [0, 0.05) is 75.3 Å². The smallest absolute Gasteiger partial charge is 0.291 e. The van der Waals surface area contributed by atoms with Crippen LogP contribution in [0, 0.1) is 11.6 Å². The molecule has 16 heteroatoms. The highest BCUT2D eigenvalue weighted by Crippen LogP contribution is 2.35. The number of hydrogen-bond donors (Lipinski definition) is 3. The van der Waals surface area contributed by atoms with Crippen molar-refractivity contribution in [3.63, 3.8) is 0 Å². The van der Waals surface area contributed by atoms with Crippen molar-refractivity contribution < 1.29 is 37.9 Å². The molecule has 5 rings (SSSR count). The predicted octanol–water partition coefficient (Wildman–Crippen LogP) is 3.47. The zero-order valence-corrected chi connectivity index (χ0v) is 32.2. The number of piperazine rings is 1. The van der Waals surface area contributed by atoms with Crippen molar-refractivity contribution in [3.8, 4) is 22.4 Å². The Bertz CT molecular complexity index is 1990. The minimum absolute atomic E-state index is 0.0407. The molecule has 3 heterocycles. The van der Waals surface area contributed by atoms with Crippen LogP contribution in [0.4, 0.5) is 14.5 Å². The fourth-order valence-electron chi connectivity index (χ4n) is 6.50. The number of aliphatic hydroxyl groups is 1. The summed E-state index contributed by atoms with van der Waals surface area (Å²) < 4.78 is 39.5. The van der Waals surface area contributed by atoms with Crippen molar-refractivity contribution in [2.45, 2.75) is 45.3 Å². The van der Waals surface area contributed by atoms with Gasteiger partial charge in [0.25, 0.3) is 11.8 Å². The van der Waals surface area contributed by atoms with Crippen LogP contribution in [-0.4, -0.2) is 119 Å². The van der Waals surface area contributed by atoms with Crippen LogP contribution in [0.2, 0.25) is 5.02 Å². The number of halogens is 3. The predicted molar refractivity (Wildman–Crippen MR) is 201 cm³/mol. The molecule has 0 spiro atoms. The topological polar surface area (TPSA) is 139 Å². The summed E-state index contributed by atoms with van der Waals surface area (Å²) in [7, 11) is 6.98. The first kappa shape index (κ1) is 40.5. The molecule has 1 fully saturated rings. The molecule has 0 radical (unpaired) electrons. The van der Waals surface area contributed by atoms with Crippen molar-refractivity contribution in [2.75, 3.05) is 65.9 Å². The number of quaternary nitrogens is 1. The van der Waals surface area contributed by atoms with Gasteiger partial charge in [-0.05, 0) is 36.6 Å². The first-order chi connectivity index (χ1) is 25.7. The van der Waals surface area contributed by atoms with Gasteiger partial charge in [-0.2, -0.15) is 5.10 Å². The number of rotatable bonds is 14. The standard InChI is InChI=1S/C38H47ClF2N8O5/c1-23(2)35-29(22-49(44-35)17-18-54-6)26-10-11-28(34(41)33(26)40)31-20-42-36(46(31)5)37(52)43-24-7-9-27(30(39)19-24)38(53)48-15-13-47(14-16-48)32(51)12-8-25(50)21-45(3)4/h7,9-11,19-20,22-23,25,50H,8,12-18,21H2,1-6H3,(H,43,52)/p+1/t25-/m1/s1. The second-order valence-corrected chi connectivity index (χ2v) is 14.5. The summed E-state index contributed by atoms with van der Waals surface area (Å²) in [5.74, 6) is -3.21. The van der Waals surface area contributed by atoms with Crippen LogP contribution in [0.3, 0.4) is 0 Å². The minimum atomic E-state index is -1.09. The lowest BCUT2D eigenvalue weighted by Crippen LogP contribution is -3.07. The van der Waals surface area contributed by atoms with Gasteiger partial charge in [-0.15, -0.1) is 0 Å². The summed E-state index contributed by atoms with van der Waals surface area (Å²) in [6.07, 6.45) is 3.06. The average molecular weight is 770 g/mol. The highest BCUT2D eigenvalue weighted by Gasteiger charge is 2.28. The van der Waals surface area contributed by atoms with Gasteiger partial charge in [0.1, 0.15) is 12.6 Å². The number of aromatic nitrogens is 4. The highest BCUT2D eigenvalue weighted by atomic mass is 35.5. The molecule has 2 aromatic carbocycles. The number of likely N-dealkylation sites (N-methyl/N-ethyl adjacent to an activating group) is 1. The lowest BCUT2D eigenvalue weighted by molar-refractivity contribution is -0.861. The second-order valence-electron chi connectivity index (χ2n) is 14.1. The fraction of sp³-hybridized carbons (Fsp3) is 0.447. The molecule has 1 saturated heterocycles. The van der Waals surface area contributed by atoms with E-state index >= 15 is 8.78 Å². The molecule has 3 amide bonds. The summed E-state index contributed by atoms with van der Waals surface area (Å²) >= 11 is 6.52. The monoisotopic (exact) mass is 769 g/mol. The Morgan fingerprint density at radius 3 is 2.33 bits per heavy atom. The van der Waals surface area contributed by atoms with Crippen LogP contribution in [0.5, 0.6) is 0 Å². The molecule has 0 aliphatic carbocycles. The van der Waals surface area contributed by atoms with E-state index in [0.29, 0.717) is 69.2 Å². The lowest BCUT2D eigenvalue weighted by Gasteiger charge is -2.35. The number of nitrogens with one attached hydrogen (secondary N) is 2. The third-order valence-electron chi connectivity index (χ3n) is 9.41. The highest BCUT2D eigenvalue weighted by molar-refractivity contribution is 6.34. The van der Waals surface area contributed by atoms with Gasteiger partial charge in [0.2, 0.25) is 5.91 Å². The Morgan fingerprint density at radius 2 is 1.69 bits per heavy atom. The number of carbonyl (C=O) groups excluding carboxylic acids is 3. The van der Waals surface area contributed by atoms with Crippen LogP contribution in [-0.2, 0) is 23.1 Å². The molecule has 1 aliphatic rings. The number of ether oxygens (including phenoxy) is 1. The normalized spacial score (nSPS) is 13.9. The van der Waals surface area contributed by atoms with Crippen molar-refractivity contribution in [1.82, 2.24) is 29.1 Å². The molecule has 0 bridgehead atoms. The lowest BCUT2D eigenvalue weighted by atomic mass is 9.97. The molecule has 54 heavy (non-hydrogen) atoms. The van der Waals surface area contributed by atoms with E-state index < -0.39 is 23.6 Å². The van der Waals surface area contributed by atoms with Gasteiger partial charge < -0.3 is 34.4 Å². The number of nitrogens with zero attached hydrogens (tertiary/aromatic N) is 6. The number of anilines is 1. The van der Waals surface area contributed by atoms with Gasteiger partial charge in [0.15, 0.2) is 17.5 Å². The summed E-state index contributed by atoms with van der Waals surface area (Å²) in [4.78, 5) is 47.9. The Balaban J connectivity index is 1.23. The summed E-state index contributed by atoms with van der Waals surface area (Å²) in [5.41, 5.74) is 1.85. The van der Waals surface area contributed by atoms with E-state index in [4.69, 9.17) is 16.3 Å². The van der Waals surface area contributed by atoms with Gasteiger partial charge in [-0.25, -0.2) is 13.8 Å². The number of carbonyl (C=O) groups is 3. The molecule has 3 N–H and O–H groups in total. The van der Waals surface area contributed by atoms with Crippen LogP contribution in [0.25, 0.3) is 22.4 Å². The first-order valence-corrected chi connectivity index (χ1v) is 18.3. The van der Waals surface area contributed by atoms with Crippen molar-refractivity contribution in [3.05, 3.63) is 76.5 Å². The molecule has 0 saturated carbocycles. The van der Waals surface area contributed by atoms with E-state index in [2.05, 4.69) is 15.4 Å². The van der Waals surface area contributed by atoms with E-state index in [1.807, 2.05) is 27.9 Å².